The van der Waals surface area contributed by atoms with Gasteiger partial charge >= 0.3 is 0 Å². The number of nitrogens with two attached hydrogens (primary N) is 1. The molecule has 1 rings (SSSR count). The number of hydrogen-bond donors (Lipinski definition) is 1. The lowest BCUT2D eigenvalue weighted by atomic mass is 10.1. The van der Waals surface area contributed by atoms with E-state index in [9.17, 15) is 0 Å². The molecule has 0 aliphatic heterocycles. The molecule has 1 aromatic carbocycles. The number of nitrogens with zero attached hydrogens (tertiary/aromatic N) is 1. The largest absolute Gasteiger partial charge is 0.326 e. The predicted molar refractivity (Wildman–Crippen MR) is 51.3 cm³/mol. The monoisotopic (exact) mass is 202 g/mol. The third-order valence-electron chi connectivity index (χ3n) is 1.39. The molecule has 0 aliphatic carbocycles. The van der Waals surface area contributed by atoms with Crippen LogP contribution in [0.15, 0.2) is 18.2 Å². The van der Waals surface area contributed by atoms with Crippen molar-refractivity contribution in [2.45, 2.75) is 6.54 Å². The Bertz CT molecular complexity index is 304. The van der Waals surface area contributed by atoms with Gasteiger partial charge in [-0.15, -0.1) is 12.4 Å². The van der Waals surface area contributed by atoms with Gasteiger partial charge in [-0.1, -0.05) is 17.7 Å². The van der Waals surface area contributed by atoms with E-state index in [0.717, 1.165) is 5.56 Å². The Morgan fingerprint density at radius 2 is 2.17 bits per heavy atom. The molecule has 0 bridgehead atoms. The van der Waals surface area contributed by atoms with E-state index in [1.807, 2.05) is 12.1 Å². The molecule has 2 N–H and O–H groups in total. The van der Waals surface area contributed by atoms with Crippen molar-refractivity contribution in [3.63, 3.8) is 0 Å². The summed E-state index contributed by atoms with van der Waals surface area (Å²) in [5.74, 6) is 0. The van der Waals surface area contributed by atoms with Crippen LogP contribution in [0.4, 0.5) is 0 Å². The highest BCUT2D eigenvalue weighted by Gasteiger charge is 1.98. The zero-order valence-electron chi connectivity index (χ0n) is 6.25. The summed E-state index contributed by atoms with van der Waals surface area (Å²) in [7, 11) is 0. The summed E-state index contributed by atoms with van der Waals surface area (Å²) in [5.41, 5.74) is 6.77. The molecule has 0 heterocycles. The summed E-state index contributed by atoms with van der Waals surface area (Å²) in [5, 5.41) is 9.04. The molecule has 0 saturated carbocycles. The van der Waals surface area contributed by atoms with Crippen LogP contribution in [-0.2, 0) is 6.54 Å². The second-order valence-corrected chi connectivity index (χ2v) is 2.54. The molecule has 0 atom stereocenters. The molecule has 0 radical (unpaired) electrons. The first-order valence-electron chi connectivity index (χ1n) is 3.16. The maximum absolute atomic E-state index is 8.56. The average molecular weight is 203 g/mol. The minimum Gasteiger partial charge on any atom is -0.326 e. The Balaban J connectivity index is 0.00000121. The summed E-state index contributed by atoms with van der Waals surface area (Å²) in [6.45, 7) is 0.436. The third kappa shape index (κ3) is 2.38. The smallest absolute Gasteiger partial charge is 0.101 e. The Hall–Kier alpha value is -0.750. The fourth-order valence-electron chi connectivity index (χ4n) is 0.785. The maximum atomic E-state index is 8.56. The summed E-state index contributed by atoms with van der Waals surface area (Å²) in [6, 6.07) is 7.17. The van der Waals surface area contributed by atoms with Crippen LogP contribution in [0.5, 0.6) is 0 Å². The van der Waals surface area contributed by atoms with Crippen molar-refractivity contribution in [2.24, 2.45) is 5.73 Å². The Kier molecular flexibility index (Phi) is 4.68. The fraction of sp³-hybridized carbons (Fsp3) is 0.125. The summed E-state index contributed by atoms with van der Waals surface area (Å²) in [4.78, 5) is 0. The molecule has 0 amide bonds. The second-order valence-electron chi connectivity index (χ2n) is 2.13. The first-order valence-corrected chi connectivity index (χ1v) is 3.54. The van der Waals surface area contributed by atoms with Crippen molar-refractivity contribution < 1.29 is 0 Å². The number of benzene rings is 1. The lowest BCUT2D eigenvalue weighted by Gasteiger charge is -1.97. The molecule has 0 fully saturated rings. The number of rotatable bonds is 1. The molecule has 0 aliphatic rings. The Morgan fingerprint density at radius 3 is 2.67 bits per heavy atom. The fourth-order valence-corrected chi connectivity index (χ4v) is 0.945. The van der Waals surface area contributed by atoms with E-state index in [2.05, 4.69) is 0 Å². The topological polar surface area (TPSA) is 49.8 Å². The highest BCUT2D eigenvalue weighted by atomic mass is 35.5. The van der Waals surface area contributed by atoms with E-state index in [-0.39, 0.29) is 12.4 Å². The van der Waals surface area contributed by atoms with Crippen LogP contribution in [0, 0.1) is 11.3 Å². The van der Waals surface area contributed by atoms with Crippen LogP contribution in [0.2, 0.25) is 5.02 Å². The van der Waals surface area contributed by atoms with Crippen LogP contribution < -0.4 is 5.73 Å². The zero-order valence-corrected chi connectivity index (χ0v) is 7.82. The molecule has 12 heavy (non-hydrogen) atoms. The minimum absolute atomic E-state index is 0. The van der Waals surface area contributed by atoms with Crippen molar-refractivity contribution in [2.75, 3.05) is 0 Å². The van der Waals surface area contributed by atoms with E-state index in [4.69, 9.17) is 22.6 Å². The predicted octanol–water partition coefficient (Wildman–Crippen LogP) is 2.09. The van der Waals surface area contributed by atoms with E-state index in [1.54, 1.807) is 12.1 Å². The third-order valence-corrected chi connectivity index (χ3v) is 1.72. The van der Waals surface area contributed by atoms with Crippen molar-refractivity contribution in [3.8, 4) is 6.07 Å². The molecule has 0 spiro atoms. The van der Waals surface area contributed by atoms with Gasteiger partial charge in [0.15, 0.2) is 0 Å². The lowest BCUT2D eigenvalue weighted by Crippen LogP contribution is -1.96. The summed E-state index contributed by atoms with van der Waals surface area (Å²) in [6.07, 6.45) is 0. The van der Waals surface area contributed by atoms with Gasteiger partial charge in [0, 0.05) is 6.54 Å². The molecule has 0 unspecified atom stereocenters. The van der Waals surface area contributed by atoms with Crippen molar-refractivity contribution >= 4 is 24.0 Å². The van der Waals surface area contributed by atoms with Gasteiger partial charge in [0.05, 0.1) is 10.6 Å². The van der Waals surface area contributed by atoms with E-state index in [0.29, 0.717) is 17.1 Å². The highest BCUT2D eigenvalue weighted by molar-refractivity contribution is 6.31. The van der Waals surface area contributed by atoms with E-state index < -0.39 is 0 Å². The normalized spacial score (nSPS) is 8.42. The van der Waals surface area contributed by atoms with Crippen LogP contribution in [-0.4, -0.2) is 0 Å². The minimum atomic E-state index is 0. The molecular weight excluding hydrogens is 195 g/mol. The van der Waals surface area contributed by atoms with Crippen LogP contribution in [0.25, 0.3) is 0 Å². The second kappa shape index (κ2) is 5.00. The Labute approximate surface area is 82.4 Å². The van der Waals surface area contributed by atoms with Crippen LogP contribution >= 0.6 is 24.0 Å². The van der Waals surface area contributed by atoms with E-state index >= 15 is 0 Å². The van der Waals surface area contributed by atoms with Gasteiger partial charge in [0.1, 0.15) is 6.07 Å². The van der Waals surface area contributed by atoms with Crippen LogP contribution in [0.3, 0.4) is 0 Å². The molecule has 0 aromatic heterocycles. The van der Waals surface area contributed by atoms with E-state index in [1.165, 1.54) is 0 Å². The van der Waals surface area contributed by atoms with Gasteiger partial charge in [0.25, 0.3) is 0 Å². The lowest BCUT2D eigenvalue weighted by molar-refractivity contribution is 1.07. The molecular formula is C8H8Cl2N2. The number of hydrogen-bond acceptors (Lipinski definition) is 2. The van der Waals surface area contributed by atoms with Gasteiger partial charge in [-0.2, -0.15) is 5.26 Å². The SMILES string of the molecule is Cl.N#Cc1cc(CN)ccc1Cl. The van der Waals surface area contributed by atoms with Gasteiger partial charge in [-0.3, -0.25) is 0 Å². The molecule has 4 heteroatoms. The quantitative estimate of drug-likeness (QED) is 0.759. The summed E-state index contributed by atoms with van der Waals surface area (Å²) >= 11 is 5.69. The van der Waals surface area contributed by atoms with Crippen molar-refractivity contribution in [3.05, 3.63) is 34.3 Å². The first-order chi connectivity index (χ1) is 5.27. The highest BCUT2D eigenvalue weighted by Crippen LogP contribution is 2.15. The molecule has 1 aromatic rings. The van der Waals surface area contributed by atoms with Crippen molar-refractivity contribution in [1.29, 1.82) is 5.26 Å². The standard InChI is InChI=1S/C8H7ClN2.ClH/c9-8-2-1-6(4-10)3-7(8)5-11;/h1-3H,4,10H2;1H. The van der Waals surface area contributed by atoms with Gasteiger partial charge in [-0.05, 0) is 17.7 Å². The van der Waals surface area contributed by atoms with Crippen molar-refractivity contribution in [1.82, 2.24) is 0 Å². The molecule has 0 saturated heterocycles. The Morgan fingerprint density at radius 1 is 1.50 bits per heavy atom. The zero-order chi connectivity index (χ0) is 8.27. The number of halogens is 2. The summed E-state index contributed by atoms with van der Waals surface area (Å²) < 4.78 is 0. The molecule has 2 nitrogen and oxygen atoms in total. The van der Waals surface area contributed by atoms with Gasteiger partial charge in [-0.25, -0.2) is 0 Å². The molecule has 64 valence electrons. The van der Waals surface area contributed by atoms with Gasteiger partial charge in [0.2, 0.25) is 0 Å². The van der Waals surface area contributed by atoms with Gasteiger partial charge < -0.3 is 5.73 Å². The maximum Gasteiger partial charge on any atom is 0.101 e. The first kappa shape index (κ1) is 11.2. The number of nitriles is 1. The average Bonchev–Trinajstić information content (AvgIpc) is 2.05. The van der Waals surface area contributed by atoms with Crippen LogP contribution in [0.1, 0.15) is 11.1 Å².